The smallest absolute Gasteiger partial charge is 0.166 e. The quantitative estimate of drug-likeness (QED) is 0.531. The van der Waals surface area contributed by atoms with Crippen molar-refractivity contribution in [3.05, 3.63) is 48.0 Å². The predicted octanol–water partition coefficient (Wildman–Crippen LogP) is 4.56. The van der Waals surface area contributed by atoms with Gasteiger partial charge in [0.2, 0.25) is 0 Å². The zero-order chi connectivity index (χ0) is 11.5. The van der Waals surface area contributed by atoms with Gasteiger partial charge in [-0.25, -0.2) is 0 Å². The fraction of sp³-hybridized carbons (Fsp3) is 0.273. The molecule has 1 aromatic rings. The lowest BCUT2D eigenvalue weighted by molar-refractivity contribution is -0.137. The molecule has 0 bridgehead atoms. The highest BCUT2D eigenvalue weighted by Crippen LogP contribution is 2.31. The second-order valence-electron chi connectivity index (χ2n) is 3.11. The Kier molecular flexibility index (Phi) is 3.80. The molecule has 1 atom stereocenters. The zero-order valence-corrected chi connectivity index (χ0v) is 8.65. The van der Waals surface area contributed by atoms with E-state index in [0.717, 1.165) is 12.1 Å². The van der Waals surface area contributed by atoms with Gasteiger partial charge in [-0.05, 0) is 24.1 Å². The molecule has 0 aromatic heterocycles. The van der Waals surface area contributed by atoms with Crippen LogP contribution in [-0.4, -0.2) is 0 Å². The van der Waals surface area contributed by atoms with Crippen molar-refractivity contribution in [3.63, 3.8) is 0 Å². The van der Waals surface area contributed by atoms with E-state index in [1.54, 1.807) is 6.08 Å². The number of benzene rings is 1. The van der Waals surface area contributed by atoms with Gasteiger partial charge in [-0.1, -0.05) is 18.2 Å². The summed E-state index contributed by atoms with van der Waals surface area (Å²) in [5.41, 5.74) is 0.0123. The molecule has 0 heterocycles. The number of alkyl halides is 4. The molecule has 0 fully saturated rings. The highest BCUT2D eigenvalue weighted by molar-refractivity contribution is 6.20. The zero-order valence-electron chi connectivity index (χ0n) is 7.89. The van der Waals surface area contributed by atoms with Crippen LogP contribution < -0.4 is 0 Å². The first-order chi connectivity index (χ1) is 6.95. The summed E-state index contributed by atoms with van der Waals surface area (Å²) in [6.07, 6.45) is -2.12. The molecule has 0 saturated heterocycles. The van der Waals surface area contributed by atoms with Gasteiger partial charge < -0.3 is 0 Å². The third kappa shape index (κ3) is 3.27. The van der Waals surface area contributed by atoms with Gasteiger partial charge in [0.15, 0.2) is 0 Å². The Hall–Kier alpha value is -0.960. The van der Waals surface area contributed by atoms with E-state index in [4.69, 9.17) is 11.6 Å². The van der Waals surface area contributed by atoms with Crippen molar-refractivity contribution < 1.29 is 13.2 Å². The average molecular weight is 235 g/mol. The van der Waals surface area contributed by atoms with Gasteiger partial charge in [0.05, 0.1) is 10.9 Å². The van der Waals surface area contributed by atoms with E-state index in [0.29, 0.717) is 12.0 Å². The van der Waals surface area contributed by atoms with Crippen LogP contribution in [0.4, 0.5) is 13.2 Å². The molecule has 0 amide bonds. The number of hydrogen-bond acceptors (Lipinski definition) is 0. The monoisotopic (exact) mass is 234 g/mol. The molecule has 0 nitrogen and oxygen atoms in total. The Balaban J connectivity index is 2.85. The maximum absolute atomic E-state index is 12.2. The molecule has 0 saturated carbocycles. The number of hydrogen-bond donors (Lipinski definition) is 0. The first kappa shape index (κ1) is 12.1. The predicted molar refractivity (Wildman–Crippen MR) is 54.9 cm³/mol. The van der Waals surface area contributed by atoms with Crippen molar-refractivity contribution in [1.82, 2.24) is 0 Å². The third-order valence-electron chi connectivity index (χ3n) is 1.97. The largest absolute Gasteiger partial charge is 0.416 e. The maximum Gasteiger partial charge on any atom is 0.416 e. The van der Waals surface area contributed by atoms with E-state index >= 15 is 0 Å². The minimum absolute atomic E-state index is 0.315. The van der Waals surface area contributed by atoms with Crippen LogP contribution in [-0.2, 0) is 6.18 Å². The summed E-state index contributed by atoms with van der Waals surface area (Å²) in [5, 5.41) is -0.315. The molecule has 0 aliphatic carbocycles. The minimum atomic E-state index is -4.29. The Morgan fingerprint density at radius 2 is 1.80 bits per heavy atom. The summed E-state index contributed by atoms with van der Waals surface area (Å²) >= 11 is 5.92. The normalized spacial score (nSPS) is 13.6. The van der Waals surface area contributed by atoms with Gasteiger partial charge in [-0.15, -0.1) is 18.2 Å². The lowest BCUT2D eigenvalue weighted by Crippen LogP contribution is -2.04. The van der Waals surface area contributed by atoms with Gasteiger partial charge in [-0.2, -0.15) is 13.2 Å². The molecule has 1 aromatic carbocycles. The third-order valence-corrected chi connectivity index (χ3v) is 2.40. The molecule has 0 aliphatic heterocycles. The fourth-order valence-electron chi connectivity index (χ4n) is 1.16. The second kappa shape index (κ2) is 4.71. The van der Waals surface area contributed by atoms with Crippen LogP contribution in [0, 0.1) is 0 Å². The van der Waals surface area contributed by atoms with Crippen LogP contribution >= 0.6 is 11.6 Å². The van der Waals surface area contributed by atoms with Gasteiger partial charge >= 0.3 is 6.18 Å². The molecule has 4 heteroatoms. The lowest BCUT2D eigenvalue weighted by Gasteiger charge is -2.10. The standard InChI is InChI=1S/C11H10ClF3/c1-2-3-10(12)8-4-6-9(7-5-8)11(13,14)15/h2,4-7,10H,1,3H2. The maximum atomic E-state index is 12.2. The van der Waals surface area contributed by atoms with Crippen molar-refractivity contribution in [1.29, 1.82) is 0 Å². The number of allylic oxidation sites excluding steroid dienone is 1. The highest BCUT2D eigenvalue weighted by Gasteiger charge is 2.30. The van der Waals surface area contributed by atoms with Crippen LogP contribution in [0.1, 0.15) is 22.9 Å². The molecular formula is C11H10ClF3. The van der Waals surface area contributed by atoms with Gasteiger partial charge in [-0.3, -0.25) is 0 Å². The molecule has 1 unspecified atom stereocenters. The summed E-state index contributed by atoms with van der Waals surface area (Å²) < 4.78 is 36.7. The molecule has 82 valence electrons. The van der Waals surface area contributed by atoms with Crippen molar-refractivity contribution in [3.8, 4) is 0 Å². The fourth-order valence-corrected chi connectivity index (χ4v) is 1.43. The summed E-state index contributed by atoms with van der Waals surface area (Å²) in [7, 11) is 0. The lowest BCUT2D eigenvalue weighted by atomic mass is 10.1. The summed E-state index contributed by atoms with van der Waals surface area (Å²) in [4.78, 5) is 0. The molecule has 15 heavy (non-hydrogen) atoms. The van der Waals surface area contributed by atoms with E-state index in [-0.39, 0.29) is 5.38 Å². The van der Waals surface area contributed by atoms with Gasteiger partial charge in [0.25, 0.3) is 0 Å². The first-order valence-electron chi connectivity index (χ1n) is 4.37. The van der Waals surface area contributed by atoms with Crippen LogP contribution in [0.3, 0.4) is 0 Å². The van der Waals surface area contributed by atoms with Crippen molar-refractivity contribution in [2.24, 2.45) is 0 Å². The molecule has 0 spiro atoms. The van der Waals surface area contributed by atoms with Crippen molar-refractivity contribution in [2.45, 2.75) is 18.0 Å². The molecule has 0 radical (unpaired) electrons. The average Bonchev–Trinajstić information content (AvgIpc) is 2.17. The van der Waals surface area contributed by atoms with E-state index in [1.165, 1.54) is 12.1 Å². The van der Waals surface area contributed by atoms with Crippen LogP contribution in [0.2, 0.25) is 0 Å². The second-order valence-corrected chi connectivity index (χ2v) is 3.64. The molecular weight excluding hydrogens is 225 g/mol. The Labute approximate surface area is 91.4 Å². The highest BCUT2D eigenvalue weighted by atomic mass is 35.5. The van der Waals surface area contributed by atoms with Gasteiger partial charge in [0.1, 0.15) is 0 Å². The van der Waals surface area contributed by atoms with Crippen LogP contribution in [0.25, 0.3) is 0 Å². The summed E-state index contributed by atoms with van der Waals surface area (Å²) in [5.74, 6) is 0. The summed E-state index contributed by atoms with van der Waals surface area (Å²) in [6.45, 7) is 3.52. The number of rotatable bonds is 3. The van der Waals surface area contributed by atoms with Gasteiger partial charge in [0, 0.05) is 0 Å². The van der Waals surface area contributed by atoms with E-state index < -0.39 is 11.7 Å². The first-order valence-corrected chi connectivity index (χ1v) is 4.81. The van der Waals surface area contributed by atoms with E-state index in [9.17, 15) is 13.2 Å². The van der Waals surface area contributed by atoms with E-state index in [1.807, 2.05) is 0 Å². The minimum Gasteiger partial charge on any atom is -0.166 e. The van der Waals surface area contributed by atoms with Crippen LogP contribution in [0.15, 0.2) is 36.9 Å². The van der Waals surface area contributed by atoms with Crippen molar-refractivity contribution in [2.75, 3.05) is 0 Å². The van der Waals surface area contributed by atoms with Crippen LogP contribution in [0.5, 0.6) is 0 Å². The number of halogens is 4. The van der Waals surface area contributed by atoms with Crippen molar-refractivity contribution >= 4 is 11.6 Å². The van der Waals surface area contributed by atoms with E-state index in [2.05, 4.69) is 6.58 Å². The molecule has 1 rings (SSSR count). The molecule has 0 N–H and O–H groups in total. The molecule has 0 aliphatic rings. The Morgan fingerprint density at radius 3 is 2.20 bits per heavy atom. The Morgan fingerprint density at radius 1 is 1.27 bits per heavy atom. The summed E-state index contributed by atoms with van der Waals surface area (Å²) in [6, 6.07) is 4.86. The SMILES string of the molecule is C=CCC(Cl)c1ccc(C(F)(F)F)cc1. The Bertz CT molecular complexity index is 327. The topological polar surface area (TPSA) is 0 Å².